The molecule has 1 saturated heterocycles. The molecule has 1 fully saturated rings. The summed E-state index contributed by atoms with van der Waals surface area (Å²) in [6, 6.07) is 0. The number of aliphatic imine (C=N–C) groups is 1. The summed E-state index contributed by atoms with van der Waals surface area (Å²) in [4.78, 5) is 6.48. The molecule has 1 N–H and O–H groups in total. The summed E-state index contributed by atoms with van der Waals surface area (Å²) < 4.78 is 0. The van der Waals surface area contributed by atoms with Crippen LogP contribution in [-0.4, -0.2) is 39.4 Å². The molecule has 4 nitrogen and oxygen atoms in total. The topological polar surface area (TPSA) is 48.2 Å². The number of hydrogen-bond acceptors (Lipinski definition) is 4. The molecule has 0 aliphatic carbocycles. The second kappa shape index (κ2) is 3.81. The van der Waals surface area contributed by atoms with Crippen LogP contribution >= 0.6 is 11.8 Å². The summed E-state index contributed by atoms with van der Waals surface area (Å²) in [7, 11) is 0. The van der Waals surface area contributed by atoms with Gasteiger partial charge in [0.2, 0.25) is 0 Å². The number of nitrogens with zero attached hydrogens (tertiary/aromatic N) is 3. The van der Waals surface area contributed by atoms with Crippen molar-refractivity contribution in [3.8, 4) is 0 Å². The Bertz CT molecular complexity index is 288. The van der Waals surface area contributed by atoms with Crippen molar-refractivity contribution >= 4 is 22.8 Å². The Morgan fingerprint density at radius 1 is 1.64 bits per heavy atom. The second-order valence-electron chi connectivity index (χ2n) is 3.91. The molecule has 0 bridgehead atoms. The lowest BCUT2D eigenvalue weighted by atomic mass is 10.1. The molecule has 14 heavy (non-hydrogen) atoms. The van der Waals surface area contributed by atoms with E-state index in [1.807, 2.05) is 4.90 Å². The molecule has 0 amide bonds. The molecule has 2 aliphatic rings. The van der Waals surface area contributed by atoms with E-state index in [-0.39, 0.29) is 5.25 Å². The number of rotatable bonds is 1. The van der Waals surface area contributed by atoms with E-state index in [9.17, 15) is 0 Å². The quantitative estimate of drug-likeness (QED) is 0.531. The van der Waals surface area contributed by atoms with Crippen molar-refractivity contribution in [1.29, 1.82) is 0 Å². The molecule has 0 radical (unpaired) electrons. The molecular weight excluding hydrogens is 198 g/mol. The highest BCUT2D eigenvalue weighted by Gasteiger charge is 2.38. The van der Waals surface area contributed by atoms with Crippen molar-refractivity contribution in [2.24, 2.45) is 16.1 Å². The Labute approximate surface area is 88.1 Å². The molecule has 0 spiro atoms. The van der Waals surface area contributed by atoms with Crippen molar-refractivity contribution in [1.82, 2.24) is 4.90 Å². The Balaban J connectivity index is 2.27. The van der Waals surface area contributed by atoms with E-state index in [2.05, 4.69) is 24.0 Å². The van der Waals surface area contributed by atoms with E-state index in [0.717, 1.165) is 30.5 Å². The monoisotopic (exact) mass is 213 g/mol. The van der Waals surface area contributed by atoms with Gasteiger partial charge in [-0.1, -0.05) is 30.8 Å². The molecule has 5 heteroatoms. The molecule has 2 heterocycles. The minimum atomic E-state index is 0.261. The van der Waals surface area contributed by atoms with Crippen LogP contribution in [0.15, 0.2) is 10.1 Å². The fourth-order valence-electron chi connectivity index (χ4n) is 1.76. The lowest BCUT2D eigenvalue weighted by Gasteiger charge is -2.21. The third kappa shape index (κ3) is 1.49. The third-order valence-electron chi connectivity index (χ3n) is 2.49. The van der Waals surface area contributed by atoms with Gasteiger partial charge in [0, 0.05) is 13.1 Å². The van der Waals surface area contributed by atoms with Crippen LogP contribution in [0.3, 0.4) is 0 Å². The average Bonchev–Trinajstić information content (AvgIpc) is 2.56. The van der Waals surface area contributed by atoms with E-state index in [4.69, 9.17) is 5.21 Å². The fraction of sp³-hybridized carbons (Fsp3) is 0.778. The smallest absolute Gasteiger partial charge is 0.165 e. The lowest BCUT2D eigenvalue weighted by Crippen LogP contribution is -2.37. The average molecular weight is 213 g/mol. The van der Waals surface area contributed by atoms with Gasteiger partial charge >= 0.3 is 0 Å². The Hall–Kier alpha value is -0.710. The Morgan fingerprint density at radius 2 is 2.43 bits per heavy atom. The third-order valence-corrected chi connectivity index (χ3v) is 4.06. The first-order chi connectivity index (χ1) is 6.74. The van der Waals surface area contributed by atoms with Crippen LogP contribution in [0.1, 0.15) is 20.3 Å². The van der Waals surface area contributed by atoms with Crippen molar-refractivity contribution in [2.45, 2.75) is 25.5 Å². The summed E-state index contributed by atoms with van der Waals surface area (Å²) >= 11 is 1.72. The van der Waals surface area contributed by atoms with Gasteiger partial charge in [-0.2, -0.15) is 0 Å². The van der Waals surface area contributed by atoms with E-state index in [1.54, 1.807) is 11.8 Å². The number of hydrogen-bond donors (Lipinski definition) is 1. The molecule has 2 aliphatic heterocycles. The van der Waals surface area contributed by atoms with Crippen LogP contribution in [0.25, 0.3) is 0 Å². The Kier molecular flexibility index (Phi) is 2.67. The van der Waals surface area contributed by atoms with Crippen LogP contribution < -0.4 is 0 Å². The van der Waals surface area contributed by atoms with Crippen molar-refractivity contribution in [3.05, 3.63) is 0 Å². The van der Waals surface area contributed by atoms with Gasteiger partial charge in [-0.3, -0.25) is 4.99 Å². The molecule has 0 aromatic heterocycles. The number of oxime groups is 1. The minimum Gasteiger partial charge on any atom is -0.409 e. The van der Waals surface area contributed by atoms with Crippen molar-refractivity contribution in [3.63, 3.8) is 0 Å². The summed E-state index contributed by atoms with van der Waals surface area (Å²) in [6.07, 6.45) is 1.05. The van der Waals surface area contributed by atoms with Gasteiger partial charge in [-0.15, -0.1) is 0 Å². The highest BCUT2D eigenvalue weighted by molar-refractivity contribution is 8.15. The van der Waals surface area contributed by atoms with Crippen molar-refractivity contribution < 1.29 is 5.21 Å². The number of thioether (sulfide) groups is 1. The zero-order chi connectivity index (χ0) is 10.1. The fourth-order valence-corrected chi connectivity index (χ4v) is 3.02. The van der Waals surface area contributed by atoms with Gasteiger partial charge < -0.3 is 10.1 Å². The maximum absolute atomic E-state index is 9.00. The van der Waals surface area contributed by atoms with Gasteiger partial charge in [-0.05, 0) is 12.3 Å². The first-order valence-corrected chi connectivity index (χ1v) is 5.82. The van der Waals surface area contributed by atoms with Crippen molar-refractivity contribution in [2.75, 3.05) is 13.1 Å². The minimum absolute atomic E-state index is 0.261. The SMILES string of the molecule is CC(C)C1SC2=NCCCN2C1=NO. The van der Waals surface area contributed by atoms with Gasteiger partial charge in [0.05, 0.1) is 5.25 Å². The predicted octanol–water partition coefficient (Wildman–Crippen LogP) is 1.61. The maximum Gasteiger partial charge on any atom is 0.165 e. The van der Waals surface area contributed by atoms with E-state index in [0.29, 0.717) is 5.92 Å². The second-order valence-corrected chi connectivity index (χ2v) is 5.02. The summed E-state index contributed by atoms with van der Waals surface area (Å²) in [5.74, 6) is 1.25. The largest absolute Gasteiger partial charge is 0.409 e. The molecule has 0 aromatic rings. The van der Waals surface area contributed by atoms with Gasteiger partial charge in [0.1, 0.15) is 0 Å². The molecule has 1 unspecified atom stereocenters. The molecule has 0 aromatic carbocycles. The normalized spacial score (nSPS) is 29.6. The maximum atomic E-state index is 9.00. The highest BCUT2D eigenvalue weighted by atomic mass is 32.2. The van der Waals surface area contributed by atoms with E-state index >= 15 is 0 Å². The van der Waals surface area contributed by atoms with E-state index in [1.165, 1.54) is 0 Å². The summed E-state index contributed by atoms with van der Waals surface area (Å²) in [5.41, 5.74) is 0. The number of fused-ring (bicyclic) bond motifs is 1. The van der Waals surface area contributed by atoms with Crippen LogP contribution in [-0.2, 0) is 0 Å². The zero-order valence-electron chi connectivity index (χ0n) is 8.47. The van der Waals surface area contributed by atoms with Gasteiger partial charge in [0.25, 0.3) is 0 Å². The molecule has 0 saturated carbocycles. The summed E-state index contributed by atoms with van der Waals surface area (Å²) in [5, 5.41) is 13.7. The zero-order valence-corrected chi connectivity index (χ0v) is 9.29. The molecule has 2 rings (SSSR count). The summed E-state index contributed by atoms with van der Waals surface area (Å²) in [6.45, 7) is 6.13. The van der Waals surface area contributed by atoms with Gasteiger partial charge in [0.15, 0.2) is 11.0 Å². The number of amidine groups is 2. The predicted molar refractivity (Wildman–Crippen MR) is 59.1 cm³/mol. The highest BCUT2D eigenvalue weighted by Crippen LogP contribution is 2.34. The molecule has 78 valence electrons. The molecular formula is C9H15N3OS. The molecule has 1 atom stereocenters. The van der Waals surface area contributed by atoms with Crippen LogP contribution in [0.4, 0.5) is 0 Å². The lowest BCUT2D eigenvalue weighted by molar-refractivity contribution is 0.307. The van der Waals surface area contributed by atoms with Crippen LogP contribution in [0, 0.1) is 5.92 Å². The Morgan fingerprint density at radius 3 is 3.07 bits per heavy atom. The van der Waals surface area contributed by atoms with Gasteiger partial charge in [-0.25, -0.2) is 0 Å². The standard InChI is InChI=1S/C9H15N3OS/c1-6(2)7-8(11-13)12-5-3-4-10-9(12)14-7/h6-7,13H,3-5H2,1-2H3. The first kappa shape index (κ1) is 9.83. The van der Waals surface area contributed by atoms with E-state index < -0.39 is 0 Å². The van der Waals surface area contributed by atoms with Crippen LogP contribution in [0.2, 0.25) is 0 Å². The first-order valence-electron chi connectivity index (χ1n) is 4.94. The van der Waals surface area contributed by atoms with Crippen LogP contribution in [0.5, 0.6) is 0 Å².